The summed E-state index contributed by atoms with van der Waals surface area (Å²) in [5, 5.41) is 51.6. The number of primary amides is 1. The molecule has 0 unspecified atom stereocenters. The summed E-state index contributed by atoms with van der Waals surface area (Å²) in [6.07, 6.45) is 0.577. The van der Waals surface area contributed by atoms with Crippen LogP contribution in [0.2, 0.25) is 0 Å². The lowest BCUT2D eigenvalue weighted by Gasteiger charge is -2.30. The first-order chi connectivity index (χ1) is 13.8. The van der Waals surface area contributed by atoms with Crippen molar-refractivity contribution in [2.45, 2.75) is 89.3 Å². The van der Waals surface area contributed by atoms with Crippen molar-refractivity contribution in [2.24, 2.45) is 5.73 Å². The van der Waals surface area contributed by atoms with E-state index in [1.54, 1.807) is 0 Å². The number of hydrogen-bond acceptors (Lipinski definition) is 8. The Hall–Kier alpha value is -0.810. The van der Waals surface area contributed by atoms with Crippen LogP contribution in [0.25, 0.3) is 0 Å². The van der Waals surface area contributed by atoms with Crippen molar-refractivity contribution in [2.75, 3.05) is 32.8 Å². The van der Waals surface area contributed by atoms with Crippen LogP contribution in [0.4, 0.5) is 0 Å². The van der Waals surface area contributed by atoms with Crippen molar-refractivity contribution in [1.82, 2.24) is 10.2 Å². The van der Waals surface area contributed by atoms with E-state index in [0.717, 1.165) is 45.1 Å². The molecule has 9 heteroatoms. The molecule has 174 valence electrons. The van der Waals surface area contributed by atoms with Gasteiger partial charge in [0.15, 0.2) is 0 Å². The molecule has 0 saturated carbocycles. The third kappa shape index (κ3) is 12.5. The van der Waals surface area contributed by atoms with Crippen LogP contribution in [0.3, 0.4) is 0 Å². The zero-order chi connectivity index (χ0) is 22.2. The van der Waals surface area contributed by atoms with Gasteiger partial charge in [-0.3, -0.25) is 4.79 Å². The minimum atomic E-state index is -1.62. The average molecular weight is 422 g/mol. The van der Waals surface area contributed by atoms with Gasteiger partial charge >= 0.3 is 0 Å². The fourth-order valence-electron chi connectivity index (χ4n) is 3.20. The van der Waals surface area contributed by atoms with E-state index in [1.807, 2.05) is 11.8 Å². The largest absolute Gasteiger partial charge is 0.394 e. The molecule has 0 heterocycles. The fourth-order valence-corrected chi connectivity index (χ4v) is 3.20. The molecule has 0 fully saturated rings. The number of amides is 1. The Balaban J connectivity index is 4.61. The summed E-state index contributed by atoms with van der Waals surface area (Å²) in [6, 6.07) is -0.347. The van der Waals surface area contributed by atoms with Crippen molar-refractivity contribution in [3.63, 3.8) is 0 Å². The maximum absolute atomic E-state index is 11.4. The highest BCUT2D eigenvalue weighted by atomic mass is 16.4. The van der Waals surface area contributed by atoms with Gasteiger partial charge in [-0.25, -0.2) is 0 Å². The van der Waals surface area contributed by atoms with E-state index in [4.69, 9.17) is 10.8 Å². The van der Waals surface area contributed by atoms with Crippen LogP contribution in [0, 0.1) is 0 Å². The molecule has 8 N–H and O–H groups in total. The lowest BCUT2D eigenvalue weighted by molar-refractivity contribution is -0.120. The molecule has 0 radical (unpaired) electrons. The third-order valence-corrected chi connectivity index (χ3v) is 5.06. The second-order valence-electron chi connectivity index (χ2n) is 7.71. The van der Waals surface area contributed by atoms with Crippen LogP contribution >= 0.6 is 0 Å². The molecule has 0 aromatic carbocycles. The average Bonchev–Trinajstić information content (AvgIpc) is 2.70. The highest BCUT2D eigenvalue weighted by Gasteiger charge is 2.30. The van der Waals surface area contributed by atoms with Gasteiger partial charge in [-0.1, -0.05) is 39.5 Å². The maximum Gasteiger partial charge on any atom is 0.234 e. The fraction of sp³-hybridized carbons (Fsp3) is 0.950. The molecular weight excluding hydrogens is 378 g/mol. The molecule has 5 atom stereocenters. The normalized spacial score (nSPS) is 17.1. The number of aliphatic hydroxyl groups is 5. The zero-order valence-corrected chi connectivity index (χ0v) is 18.0. The van der Waals surface area contributed by atoms with Crippen LogP contribution in [0.5, 0.6) is 0 Å². The van der Waals surface area contributed by atoms with Crippen molar-refractivity contribution in [1.29, 1.82) is 0 Å². The van der Waals surface area contributed by atoms with Crippen LogP contribution in [0.15, 0.2) is 0 Å². The molecule has 29 heavy (non-hydrogen) atoms. The zero-order valence-electron chi connectivity index (χ0n) is 18.0. The van der Waals surface area contributed by atoms with E-state index < -0.39 is 31.0 Å². The SMILES string of the molecule is CCCCCCN(CCCN[C@@H](CCC)C(N)=O)C[C@H](O)[C@@H](O)[C@H](O)[C@H](O)CO. The third-order valence-electron chi connectivity index (χ3n) is 5.06. The summed E-state index contributed by atoms with van der Waals surface area (Å²) in [4.78, 5) is 13.4. The Labute approximate surface area is 174 Å². The smallest absolute Gasteiger partial charge is 0.234 e. The summed E-state index contributed by atoms with van der Waals surface area (Å²) < 4.78 is 0. The molecule has 0 bridgehead atoms. The number of aliphatic hydroxyl groups excluding tert-OH is 5. The number of carbonyl (C=O) groups is 1. The molecule has 0 aromatic rings. The van der Waals surface area contributed by atoms with Crippen LogP contribution in [0.1, 0.15) is 58.8 Å². The number of hydrogen-bond donors (Lipinski definition) is 7. The molecule has 0 aromatic heterocycles. The van der Waals surface area contributed by atoms with E-state index in [1.165, 1.54) is 0 Å². The number of nitrogens with two attached hydrogens (primary N) is 1. The first kappa shape index (κ1) is 28.2. The molecule has 0 spiro atoms. The maximum atomic E-state index is 11.4. The van der Waals surface area contributed by atoms with E-state index in [0.29, 0.717) is 19.5 Å². The summed E-state index contributed by atoms with van der Waals surface area (Å²) >= 11 is 0. The van der Waals surface area contributed by atoms with Gasteiger partial charge in [-0.2, -0.15) is 0 Å². The quantitative estimate of drug-likeness (QED) is 0.130. The molecule has 1 amide bonds. The predicted molar refractivity (Wildman–Crippen MR) is 112 cm³/mol. The first-order valence-electron chi connectivity index (χ1n) is 10.9. The minimum Gasteiger partial charge on any atom is -0.394 e. The van der Waals surface area contributed by atoms with Gasteiger partial charge in [0.05, 0.1) is 18.8 Å². The Kier molecular flexibility index (Phi) is 16.5. The van der Waals surface area contributed by atoms with Gasteiger partial charge < -0.3 is 41.5 Å². The topological polar surface area (TPSA) is 160 Å². The van der Waals surface area contributed by atoms with E-state index in [9.17, 15) is 25.2 Å². The molecule has 0 saturated heterocycles. The van der Waals surface area contributed by atoms with E-state index >= 15 is 0 Å². The Morgan fingerprint density at radius 1 is 0.931 bits per heavy atom. The standard InChI is InChI=1S/C20H43N3O6/c1-3-5-6-7-11-23(12-8-10-22-15(9-4-2)20(21)29)13-16(25)18(27)19(28)17(26)14-24/h15-19,22,24-28H,3-14H2,1-2H3,(H2,21,29)/t15-,16-,17+,18+,19+/m0/s1. The lowest BCUT2D eigenvalue weighted by atomic mass is 10.0. The summed E-state index contributed by atoms with van der Waals surface area (Å²) in [5.41, 5.74) is 5.39. The van der Waals surface area contributed by atoms with Gasteiger partial charge in [0.25, 0.3) is 0 Å². The van der Waals surface area contributed by atoms with Crippen molar-refractivity contribution < 1.29 is 30.3 Å². The monoisotopic (exact) mass is 421 g/mol. The van der Waals surface area contributed by atoms with Crippen molar-refractivity contribution in [3.05, 3.63) is 0 Å². The molecular formula is C20H43N3O6. The number of nitrogens with one attached hydrogen (secondary N) is 1. The molecule has 0 aliphatic carbocycles. The van der Waals surface area contributed by atoms with Gasteiger partial charge in [0.2, 0.25) is 5.91 Å². The Morgan fingerprint density at radius 3 is 2.10 bits per heavy atom. The van der Waals surface area contributed by atoms with Crippen molar-refractivity contribution >= 4 is 5.91 Å². The second kappa shape index (κ2) is 16.9. The van der Waals surface area contributed by atoms with E-state index in [2.05, 4.69) is 12.2 Å². The van der Waals surface area contributed by atoms with Crippen molar-refractivity contribution in [3.8, 4) is 0 Å². The minimum absolute atomic E-state index is 0.136. The molecule has 9 nitrogen and oxygen atoms in total. The highest BCUT2D eigenvalue weighted by molar-refractivity contribution is 5.79. The highest BCUT2D eigenvalue weighted by Crippen LogP contribution is 2.09. The summed E-state index contributed by atoms with van der Waals surface area (Å²) in [7, 11) is 0. The van der Waals surface area contributed by atoms with Gasteiger partial charge in [0.1, 0.15) is 18.3 Å². The number of unbranched alkanes of at least 4 members (excludes halogenated alkanes) is 3. The molecule has 0 aliphatic rings. The predicted octanol–water partition coefficient (Wildman–Crippen LogP) is -1.06. The van der Waals surface area contributed by atoms with Gasteiger partial charge in [-0.15, -0.1) is 0 Å². The number of rotatable bonds is 19. The first-order valence-corrected chi connectivity index (χ1v) is 10.9. The van der Waals surface area contributed by atoms with Gasteiger partial charge in [-0.05, 0) is 38.9 Å². The lowest BCUT2D eigenvalue weighted by Crippen LogP contribution is -2.50. The van der Waals surface area contributed by atoms with Gasteiger partial charge in [0, 0.05) is 6.54 Å². The number of carbonyl (C=O) groups excluding carboxylic acids is 1. The van der Waals surface area contributed by atoms with Crippen LogP contribution in [-0.4, -0.2) is 99.6 Å². The Morgan fingerprint density at radius 2 is 1.55 bits per heavy atom. The van der Waals surface area contributed by atoms with Crippen LogP contribution in [-0.2, 0) is 4.79 Å². The Bertz CT molecular complexity index is 416. The van der Waals surface area contributed by atoms with Crippen LogP contribution < -0.4 is 11.1 Å². The molecule has 0 rings (SSSR count). The molecule has 0 aliphatic heterocycles. The second-order valence-corrected chi connectivity index (χ2v) is 7.71. The summed E-state index contributed by atoms with van der Waals surface area (Å²) in [6.45, 7) is 5.53. The number of nitrogens with zero attached hydrogens (tertiary/aromatic N) is 1. The summed E-state index contributed by atoms with van der Waals surface area (Å²) in [5.74, 6) is -0.363. The van der Waals surface area contributed by atoms with E-state index in [-0.39, 0.29) is 18.5 Å².